The molecule has 0 aliphatic rings. The summed E-state index contributed by atoms with van der Waals surface area (Å²) in [4.78, 5) is 11.6. The van der Waals surface area contributed by atoms with Crippen molar-refractivity contribution >= 4 is 29.3 Å². The van der Waals surface area contributed by atoms with Crippen molar-refractivity contribution in [3.8, 4) is 0 Å². The van der Waals surface area contributed by atoms with Crippen LogP contribution in [0.3, 0.4) is 0 Å². The van der Waals surface area contributed by atoms with E-state index in [0.29, 0.717) is 5.75 Å². The van der Waals surface area contributed by atoms with Gasteiger partial charge in [0, 0.05) is 22.6 Å². The first-order valence-electron chi connectivity index (χ1n) is 6.19. The van der Waals surface area contributed by atoms with E-state index in [2.05, 4.69) is 5.32 Å². The van der Waals surface area contributed by atoms with Crippen LogP contribution in [0.1, 0.15) is 19.4 Å². The van der Waals surface area contributed by atoms with Crippen molar-refractivity contribution in [3.05, 3.63) is 34.9 Å². The average molecular weight is 302 g/mol. The number of thioether (sulfide) groups is 1. The van der Waals surface area contributed by atoms with Gasteiger partial charge in [0.1, 0.15) is 6.04 Å². The second kappa shape index (κ2) is 8.46. The average Bonchev–Trinajstić information content (AvgIpc) is 2.38. The molecule has 0 aromatic heterocycles. The predicted octanol–water partition coefficient (Wildman–Crippen LogP) is 3.11. The van der Waals surface area contributed by atoms with Crippen molar-refractivity contribution in [2.45, 2.75) is 31.7 Å². The summed E-state index contributed by atoms with van der Waals surface area (Å²) in [7, 11) is 1.42. The fourth-order valence-electron chi connectivity index (χ4n) is 1.60. The van der Waals surface area contributed by atoms with E-state index >= 15 is 0 Å². The number of carbonyl (C=O) groups is 1. The highest BCUT2D eigenvalue weighted by atomic mass is 35.5. The zero-order valence-corrected chi connectivity index (χ0v) is 13.1. The lowest BCUT2D eigenvalue weighted by molar-refractivity contribution is -0.142. The molecule has 1 rings (SSSR count). The minimum Gasteiger partial charge on any atom is -0.468 e. The number of methoxy groups -OCH3 is 1. The molecule has 0 radical (unpaired) electrons. The molecule has 0 aliphatic heterocycles. The van der Waals surface area contributed by atoms with E-state index in [1.54, 1.807) is 11.8 Å². The van der Waals surface area contributed by atoms with Gasteiger partial charge in [0.25, 0.3) is 0 Å². The molecule has 19 heavy (non-hydrogen) atoms. The van der Waals surface area contributed by atoms with Crippen molar-refractivity contribution in [2.75, 3.05) is 12.9 Å². The van der Waals surface area contributed by atoms with Crippen LogP contribution in [-0.2, 0) is 15.3 Å². The normalized spacial score (nSPS) is 12.5. The summed E-state index contributed by atoms with van der Waals surface area (Å²) in [6.45, 7) is 4.03. The summed E-state index contributed by atoms with van der Waals surface area (Å²) < 4.78 is 4.80. The summed E-state index contributed by atoms with van der Waals surface area (Å²) in [6, 6.07) is 7.74. The van der Waals surface area contributed by atoms with E-state index in [1.807, 2.05) is 38.1 Å². The van der Waals surface area contributed by atoms with Gasteiger partial charge in [-0.1, -0.05) is 37.6 Å². The molecule has 0 spiro atoms. The van der Waals surface area contributed by atoms with Gasteiger partial charge in [-0.25, -0.2) is 0 Å². The number of benzene rings is 1. The van der Waals surface area contributed by atoms with Gasteiger partial charge in [0.15, 0.2) is 0 Å². The van der Waals surface area contributed by atoms with Gasteiger partial charge >= 0.3 is 5.97 Å². The molecule has 0 fully saturated rings. The lowest BCUT2D eigenvalue weighted by Gasteiger charge is -2.18. The molecule has 1 aromatic carbocycles. The van der Waals surface area contributed by atoms with Crippen molar-refractivity contribution < 1.29 is 9.53 Å². The molecule has 0 saturated carbocycles. The number of hydrogen-bond donors (Lipinski definition) is 1. The summed E-state index contributed by atoms with van der Waals surface area (Å²) in [5, 5.41) is 3.95. The van der Waals surface area contributed by atoms with Crippen LogP contribution >= 0.6 is 23.4 Å². The van der Waals surface area contributed by atoms with Gasteiger partial charge in [-0.2, -0.15) is 11.8 Å². The van der Waals surface area contributed by atoms with Gasteiger partial charge in [-0.05, 0) is 17.7 Å². The third-order valence-electron chi connectivity index (χ3n) is 2.49. The second-order valence-electron chi connectivity index (χ2n) is 4.54. The predicted molar refractivity (Wildman–Crippen MR) is 81.7 cm³/mol. The van der Waals surface area contributed by atoms with E-state index in [-0.39, 0.29) is 18.1 Å². The van der Waals surface area contributed by atoms with Crippen LogP contribution in [0.15, 0.2) is 24.3 Å². The highest BCUT2D eigenvalue weighted by Crippen LogP contribution is 2.16. The molecule has 1 N–H and O–H groups in total. The number of ether oxygens (including phenoxy) is 1. The van der Waals surface area contributed by atoms with Gasteiger partial charge < -0.3 is 10.1 Å². The number of nitrogens with one attached hydrogen (secondary N) is 1. The first-order valence-corrected chi connectivity index (χ1v) is 7.72. The molecular weight excluding hydrogens is 282 g/mol. The molecule has 5 heteroatoms. The van der Waals surface area contributed by atoms with E-state index < -0.39 is 0 Å². The molecule has 0 heterocycles. The lowest BCUT2D eigenvalue weighted by atomic mass is 10.2. The van der Waals surface area contributed by atoms with E-state index in [4.69, 9.17) is 16.3 Å². The first kappa shape index (κ1) is 16.3. The maximum atomic E-state index is 11.6. The van der Waals surface area contributed by atoms with E-state index in [9.17, 15) is 4.79 Å². The summed E-state index contributed by atoms with van der Waals surface area (Å²) >= 11 is 7.54. The number of halogens is 1. The molecule has 1 unspecified atom stereocenters. The number of carbonyl (C=O) groups excluding carboxylic acids is 1. The minimum atomic E-state index is -0.262. The second-order valence-corrected chi connectivity index (χ2v) is 6.01. The largest absolute Gasteiger partial charge is 0.468 e. The maximum absolute atomic E-state index is 11.6. The van der Waals surface area contributed by atoms with Crippen molar-refractivity contribution in [3.63, 3.8) is 0 Å². The Kier molecular flexibility index (Phi) is 7.28. The Hall–Kier alpha value is -0.710. The minimum absolute atomic E-state index is 0.211. The van der Waals surface area contributed by atoms with Crippen molar-refractivity contribution in [1.82, 2.24) is 5.32 Å². The van der Waals surface area contributed by atoms with Gasteiger partial charge in [0.2, 0.25) is 0 Å². The Morgan fingerprint density at radius 3 is 2.53 bits per heavy atom. The maximum Gasteiger partial charge on any atom is 0.323 e. The molecule has 0 bridgehead atoms. The Morgan fingerprint density at radius 1 is 1.37 bits per heavy atom. The van der Waals surface area contributed by atoms with Crippen LogP contribution in [-0.4, -0.2) is 30.9 Å². The summed E-state index contributed by atoms with van der Waals surface area (Å²) in [5.41, 5.74) is 1.20. The Morgan fingerprint density at radius 2 is 2.00 bits per heavy atom. The SMILES string of the molecule is COC(=O)C(CSCc1ccc(Cl)cc1)NC(C)C. The van der Waals surface area contributed by atoms with Crippen molar-refractivity contribution in [2.24, 2.45) is 0 Å². The fraction of sp³-hybridized carbons (Fsp3) is 0.500. The van der Waals surface area contributed by atoms with Crippen molar-refractivity contribution in [1.29, 1.82) is 0 Å². The van der Waals surface area contributed by atoms with Crippen LogP contribution in [0.2, 0.25) is 5.02 Å². The molecule has 1 atom stereocenters. The molecule has 0 amide bonds. The van der Waals surface area contributed by atoms with Gasteiger partial charge in [-0.15, -0.1) is 0 Å². The fourth-order valence-corrected chi connectivity index (χ4v) is 2.74. The quantitative estimate of drug-likeness (QED) is 0.785. The summed E-state index contributed by atoms with van der Waals surface area (Å²) in [6.07, 6.45) is 0. The molecular formula is C14H20ClNO2S. The zero-order chi connectivity index (χ0) is 14.3. The Bertz CT molecular complexity index is 395. The lowest BCUT2D eigenvalue weighted by Crippen LogP contribution is -2.43. The summed E-state index contributed by atoms with van der Waals surface area (Å²) in [5.74, 6) is 1.33. The first-order chi connectivity index (χ1) is 9.02. The van der Waals surface area contributed by atoms with E-state index in [0.717, 1.165) is 10.8 Å². The third kappa shape index (κ3) is 6.32. The highest BCUT2D eigenvalue weighted by molar-refractivity contribution is 7.98. The van der Waals surface area contributed by atoms with Crippen LogP contribution in [0.4, 0.5) is 0 Å². The zero-order valence-electron chi connectivity index (χ0n) is 11.5. The smallest absolute Gasteiger partial charge is 0.323 e. The van der Waals surface area contributed by atoms with Crippen LogP contribution < -0.4 is 5.32 Å². The van der Waals surface area contributed by atoms with Gasteiger partial charge in [-0.3, -0.25) is 4.79 Å². The standard InChI is InChI=1S/C14H20ClNO2S/c1-10(2)16-13(14(17)18-3)9-19-8-11-4-6-12(15)7-5-11/h4-7,10,13,16H,8-9H2,1-3H3. The topological polar surface area (TPSA) is 38.3 Å². The van der Waals surface area contributed by atoms with Gasteiger partial charge in [0.05, 0.1) is 7.11 Å². The molecule has 1 aromatic rings. The monoisotopic (exact) mass is 301 g/mol. The van der Waals surface area contributed by atoms with E-state index in [1.165, 1.54) is 12.7 Å². The van der Waals surface area contributed by atoms with Crippen LogP contribution in [0.5, 0.6) is 0 Å². The number of esters is 1. The highest BCUT2D eigenvalue weighted by Gasteiger charge is 2.19. The Labute approximate surface area is 124 Å². The van der Waals surface area contributed by atoms with Crippen LogP contribution in [0.25, 0.3) is 0 Å². The molecule has 3 nitrogen and oxygen atoms in total. The molecule has 0 aliphatic carbocycles. The molecule has 106 valence electrons. The third-order valence-corrected chi connectivity index (χ3v) is 3.85. The molecule has 0 saturated heterocycles. The van der Waals surface area contributed by atoms with Crippen LogP contribution in [0, 0.1) is 0 Å². The number of hydrogen-bond acceptors (Lipinski definition) is 4. The number of rotatable bonds is 7. The Balaban J connectivity index is 2.43.